The van der Waals surface area contributed by atoms with Crippen molar-refractivity contribution in [2.45, 2.75) is 11.6 Å². The summed E-state index contributed by atoms with van der Waals surface area (Å²) in [7, 11) is 0. The Hall–Kier alpha value is -1.59. The summed E-state index contributed by atoms with van der Waals surface area (Å²) in [6.07, 6.45) is 3.55. The van der Waals surface area contributed by atoms with Crippen molar-refractivity contribution in [2.24, 2.45) is 5.73 Å². The maximum absolute atomic E-state index is 5.55. The topological polar surface area (TPSA) is 63.8 Å². The second-order valence-electron chi connectivity index (χ2n) is 3.47. The number of nitrogens with two attached hydrogens (primary N) is 1. The third kappa shape index (κ3) is 3.18. The molecule has 0 atom stereocenters. The van der Waals surface area contributed by atoms with E-state index >= 15 is 0 Å². The average molecular weight is 246 g/mol. The standard InChI is InChI=1S/C12H14N4S/c1-17-12-6-11(14-8-15-12)16-10-4-2-9(7-13)3-5-10/h2-6,8H,7,13H2,1H3,(H,14,15,16). The predicted octanol–water partition coefficient (Wildman–Crippen LogP) is 2.40. The van der Waals surface area contributed by atoms with E-state index in [1.807, 2.05) is 36.6 Å². The first-order valence-electron chi connectivity index (χ1n) is 5.24. The lowest BCUT2D eigenvalue weighted by Crippen LogP contribution is -1.97. The van der Waals surface area contributed by atoms with Gasteiger partial charge < -0.3 is 11.1 Å². The zero-order chi connectivity index (χ0) is 12.1. The van der Waals surface area contributed by atoms with E-state index in [9.17, 15) is 0 Å². The van der Waals surface area contributed by atoms with Gasteiger partial charge in [-0.3, -0.25) is 0 Å². The minimum atomic E-state index is 0.560. The van der Waals surface area contributed by atoms with Gasteiger partial charge in [-0.15, -0.1) is 11.8 Å². The van der Waals surface area contributed by atoms with E-state index < -0.39 is 0 Å². The molecule has 0 aliphatic carbocycles. The smallest absolute Gasteiger partial charge is 0.134 e. The van der Waals surface area contributed by atoms with Gasteiger partial charge in [-0.1, -0.05) is 12.1 Å². The second kappa shape index (κ2) is 5.65. The van der Waals surface area contributed by atoms with Crippen LogP contribution in [0.5, 0.6) is 0 Å². The van der Waals surface area contributed by atoms with E-state index in [0.29, 0.717) is 6.54 Å². The molecule has 0 spiro atoms. The lowest BCUT2D eigenvalue weighted by Gasteiger charge is -2.06. The van der Waals surface area contributed by atoms with Gasteiger partial charge >= 0.3 is 0 Å². The molecule has 0 fully saturated rings. The van der Waals surface area contributed by atoms with Gasteiger partial charge in [-0.2, -0.15) is 0 Å². The van der Waals surface area contributed by atoms with Gasteiger partial charge in [0.1, 0.15) is 17.2 Å². The highest BCUT2D eigenvalue weighted by Gasteiger charge is 1.98. The molecule has 1 aromatic carbocycles. The Morgan fingerprint density at radius 2 is 2.00 bits per heavy atom. The van der Waals surface area contributed by atoms with Gasteiger partial charge in [0.05, 0.1) is 0 Å². The summed E-state index contributed by atoms with van der Waals surface area (Å²) >= 11 is 1.59. The molecule has 5 heteroatoms. The summed E-state index contributed by atoms with van der Waals surface area (Å²) in [6.45, 7) is 0.560. The third-order valence-electron chi connectivity index (χ3n) is 2.31. The number of benzene rings is 1. The van der Waals surface area contributed by atoms with E-state index in [0.717, 1.165) is 22.1 Å². The molecular weight excluding hydrogens is 232 g/mol. The van der Waals surface area contributed by atoms with Crippen LogP contribution in [0, 0.1) is 0 Å². The minimum Gasteiger partial charge on any atom is -0.340 e. The van der Waals surface area contributed by atoms with Gasteiger partial charge in [0.15, 0.2) is 0 Å². The molecule has 0 aliphatic rings. The Balaban J connectivity index is 2.13. The zero-order valence-corrected chi connectivity index (χ0v) is 10.4. The van der Waals surface area contributed by atoms with Gasteiger partial charge in [0.2, 0.25) is 0 Å². The molecule has 0 radical (unpaired) electrons. The molecule has 17 heavy (non-hydrogen) atoms. The van der Waals surface area contributed by atoms with E-state index in [2.05, 4.69) is 15.3 Å². The second-order valence-corrected chi connectivity index (χ2v) is 4.30. The normalized spacial score (nSPS) is 10.2. The Morgan fingerprint density at radius 3 is 2.65 bits per heavy atom. The van der Waals surface area contributed by atoms with Gasteiger partial charge in [0, 0.05) is 18.3 Å². The Kier molecular flexibility index (Phi) is 3.95. The molecule has 0 saturated carbocycles. The Morgan fingerprint density at radius 1 is 1.24 bits per heavy atom. The number of hydrogen-bond acceptors (Lipinski definition) is 5. The summed E-state index contributed by atoms with van der Waals surface area (Å²) in [5.74, 6) is 0.796. The molecule has 1 heterocycles. The van der Waals surface area contributed by atoms with Crippen LogP contribution in [-0.4, -0.2) is 16.2 Å². The maximum atomic E-state index is 5.55. The summed E-state index contributed by atoms with van der Waals surface area (Å²) in [5.41, 5.74) is 7.65. The van der Waals surface area contributed by atoms with Crippen LogP contribution in [-0.2, 0) is 6.54 Å². The average Bonchev–Trinajstić information content (AvgIpc) is 2.40. The number of rotatable bonds is 4. The quantitative estimate of drug-likeness (QED) is 0.640. The van der Waals surface area contributed by atoms with Gasteiger partial charge in [-0.25, -0.2) is 9.97 Å². The fourth-order valence-corrected chi connectivity index (χ4v) is 1.77. The van der Waals surface area contributed by atoms with Crippen molar-refractivity contribution in [3.8, 4) is 0 Å². The van der Waals surface area contributed by atoms with Crippen molar-refractivity contribution >= 4 is 23.3 Å². The Bertz CT molecular complexity index is 484. The van der Waals surface area contributed by atoms with Crippen LogP contribution in [0.15, 0.2) is 41.7 Å². The number of nitrogens with one attached hydrogen (secondary N) is 1. The largest absolute Gasteiger partial charge is 0.340 e. The van der Waals surface area contributed by atoms with Crippen molar-refractivity contribution < 1.29 is 0 Å². The molecule has 0 saturated heterocycles. The fraction of sp³-hybridized carbons (Fsp3) is 0.167. The van der Waals surface area contributed by atoms with Crippen LogP contribution in [0.3, 0.4) is 0 Å². The fourth-order valence-electron chi connectivity index (χ4n) is 1.39. The highest BCUT2D eigenvalue weighted by atomic mass is 32.2. The summed E-state index contributed by atoms with van der Waals surface area (Å²) in [4.78, 5) is 8.29. The van der Waals surface area contributed by atoms with Crippen LogP contribution in [0.25, 0.3) is 0 Å². The first-order chi connectivity index (χ1) is 8.31. The van der Waals surface area contributed by atoms with Crippen molar-refractivity contribution in [3.63, 3.8) is 0 Å². The number of aromatic nitrogens is 2. The number of nitrogens with zero attached hydrogens (tertiary/aromatic N) is 2. The molecule has 1 aromatic heterocycles. The molecule has 2 rings (SSSR count). The number of thioether (sulfide) groups is 1. The molecule has 2 aromatic rings. The molecule has 4 nitrogen and oxygen atoms in total. The summed E-state index contributed by atoms with van der Waals surface area (Å²) in [6, 6.07) is 9.89. The first-order valence-corrected chi connectivity index (χ1v) is 6.46. The van der Waals surface area contributed by atoms with E-state index in [1.54, 1.807) is 18.1 Å². The van der Waals surface area contributed by atoms with Crippen LogP contribution in [0.2, 0.25) is 0 Å². The van der Waals surface area contributed by atoms with Gasteiger partial charge in [-0.05, 0) is 24.0 Å². The van der Waals surface area contributed by atoms with Crippen molar-refractivity contribution in [1.82, 2.24) is 9.97 Å². The highest BCUT2D eigenvalue weighted by Crippen LogP contribution is 2.18. The zero-order valence-electron chi connectivity index (χ0n) is 9.55. The lowest BCUT2D eigenvalue weighted by molar-refractivity contribution is 1.05. The van der Waals surface area contributed by atoms with Gasteiger partial charge in [0.25, 0.3) is 0 Å². The van der Waals surface area contributed by atoms with Crippen LogP contribution >= 0.6 is 11.8 Å². The van der Waals surface area contributed by atoms with E-state index in [-0.39, 0.29) is 0 Å². The summed E-state index contributed by atoms with van der Waals surface area (Å²) in [5, 5.41) is 4.17. The predicted molar refractivity (Wildman–Crippen MR) is 71.4 cm³/mol. The number of hydrogen-bond donors (Lipinski definition) is 2. The van der Waals surface area contributed by atoms with E-state index in [1.165, 1.54) is 0 Å². The summed E-state index contributed by atoms with van der Waals surface area (Å²) < 4.78 is 0. The van der Waals surface area contributed by atoms with Crippen LogP contribution < -0.4 is 11.1 Å². The Labute approximate surface area is 105 Å². The third-order valence-corrected chi connectivity index (χ3v) is 2.95. The maximum Gasteiger partial charge on any atom is 0.134 e. The van der Waals surface area contributed by atoms with Crippen molar-refractivity contribution in [2.75, 3.05) is 11.6 Å². The van der Waals surface area contributed by atoms with Crippen LogP contribution in [0.4, 0.5) is 11.5 Å². The van der Waals surface area contributed by atoms with E-state index in [4.69, 9.17) is 5.73 Å². The SMILES string of the molecule is CSc1cc(Nc2ccc(CN)cc2)ncn1. The molecule has 0 amide bonds. The molecule has 3 N–H and O–H groups in total. The molecule has 88 valence electrons. The molecular formula is C12H14N4S. The monoisotopic (exact) mass is 246 g/mol. The van der Waals surface area contributed by atoms with Crippen molar-refractivity contribution in [1.29, 1.82) is 0 Å². The lowest BCUT2D eigenvalue weighted by atomic mass is 10.2. The molecule has 0 bridgehead atoms. The molecule has 0 unspecified atom stereocenters. The van der Waals surface area contributed by atoms with Crippen LogP contribution in [0.1, 0.15) is 5.56 Å². The minimum absolute atomic E-state index is 0.560. The number of anilines is 2. The first kappa shape index (κ1) is 11.9. The highest BCUT2D eigenvalue weighted by molar-refractivity contribution is 7.98. The van der Waals surface area contributed by atoms with Crippen molar-refractivity contribution in [3.05, 3.63) is 42.2 Å². The molecule has 0 aliphatic heterocycles.